The van der Waals surface area contributed by atoms with E-state index in [4.69, 9.17) is 0 Å². The monoisotopic (exact) mass is 254 g/mol. The summed E-state index contributed by atoms with van der Waals surface area (Å²) in [7, 11) is 1.75. The molecule has 0 aromatic heterocycles. The first kappa shape index (κ1) is 15.0. The zero-order chi connectivity index (χ0) is 13.5. The molecule has 0 atom stereocenters. The lowest BCUT2D eigenvalue weighted by Gasteiger charge is -2.30. The maximum Gasteiger partial charge on any atom is 0.311 e. The summed E-state index contributed by atoms with van der Waals surface area (Å²) in [5, 5.41) is 2.70. The SMILES string of the molecule is CC(C)CCNC(=O)C(=O)N(C)C1CCCCC1. The fraction of sp³-hybridized carbons (Fsp3) is 0.857. The Hall–Kier alpha value is -1.06. The van der Waals surface area contributed by atoms with Crippen LogP contribution in [0.1, 0.15) is 52.4 Å². The number of hydrogen-bond acceptors (Lipinski definition) is 2. The van der Waals surface area contributed by atoms with Crippen LogP contribution in [-0.4, -0.2) is 36.3 Å². The van der Waals surface area contributed by atoms with Crippen LogP contribution in [0.15, 0.2) is 0 Å². The van der Waals surface area contributed by atoms with E-state index in [1.807, 2.05) is 0 Å². The van der Waals surface area contributed by atoms with E-state index in [1.165, 1.54) is 6.42 Å². The van der Waals surface area contributed by atoms with Crippen LogP contribution in [0.4, 0.5) is 0 Å². The molecule has 4 heteroatoms. The van der Waals surface area contributed by atoms with Gasteiger partial charge in [-0.05, 0) is 25.2 Å². The second-order valence-electron chi connectivity index (χ2n) is 5.65. The average Bonchev–Trinajstić information content (AvgIpc) is 2.37. The predicted octanol–water partition coefficient (Wildman–Crippen LogP) is 1.94. The highest BCUT2D eigenvalue weighted by molar-refractivity contribution is 6.35. The lowest BCUT2D eigenvalue weighted by Crippen LogP contribution is -2.46. The van der Waals surface area contributed by atoms with Crippen LogP contribution in [0.3, 0.4) is 0 Å². The molecule has 0 saturated heterocycles. The van der Waals surface area contributed by atoms with E-state index in [0.29, 0.717) is 12.5 Å². The molecule has 1 N–H and O–H groups in total. The first-order valence-electron chi connectivity index (χ1n) is 7.07. The van der Waals surface area contributed by atoms with Crippen molar-refractivity contribution >= 4 is 11.8 Å². The van der Waals surface area contributed by atoms with Crippen molar-refractivity contribution in [2.45, 2.75) is 58.4 Å². The normalized spacial score (nSPS) is 16.7. The van der Waals surface area contributed by atoms with Gasteiger partial charge in [-0.15, -0.1) is 0 Å². The van der Waals surface area contributed by atoms with Crippen molar-refractivity contribution in [3.8, 4) is 0 Å². The molecule has 4 nitrogen and oxygen atoms in total. The molecular formula is C14H26N2O2. The van der Waals surface area contributed by atoms with Crippen LogP contribution >= 0.6 is 0 Å². The first-order valence-corrected chi connectivity index (χ1v) is 7.07. The Kier molecular flexibility index (Phi) is 6.16. The summed E-state index contributed by atoms with van der Waals surface area (Å²) in [6.07, 6.45) is 6.54. The van der Waals surface area contributed by atoms with Crippen molar-refractivity contribution in [3.63, 3.8) is 0 Å². The van der Waals surface area contributed by atoms with Crippen LogP contribution in [0.25, 0.3) is 0 Å². The molecule has 1 saturated carbocycles. The molecule has 0 aromatic rings. The van der Waals surface area contributed by atoms with Crippen molar-refractivity contribution in [1.29, 1.82) is 0 Å². The third-order valence-electron chi connectivity index (χ3n) is 3.64. The Morgan fingerprint density at radius 3 is 2.39 bits per heavy atom. The van der Waals surface area contributed by atoms with E-state index in [0.717, 1.165) is 32.1 Å². The van der Waals surface area contributed by atoms with Crippen molar-refractivity contribution in [2.24, 2.45) is 5.92 Å². The predicted molar refractivity (Wildman–Crippen MR) is 72.1 cm³/mol. The quantitative estimate of drug-likeness (QED) is 0.779. The van der Waals surface area contributed by atoms with E-state index in [2.05, 4.69) is 19.2 Å². The minimum atomic E-state index is -0.455. The maximum atomic E-state index is 11.9. The molecule has 2 amide bonds. The highest BCUT2D eigenvalue weighted by Crippen LogP contribution is 2.21. The molecule has 0 radical (unpaired) electrons. The molecular weight excluding hydrogens is 228 g/mol. The Morgan fingerprint density at radius 2 is 1.83 bits per heavy atom. The molecule has 1 aliphatic rings. The van der Waals surface area contributed by atoms with Gasteiger partial charge in [0.1, 0.15) is 0 Å². The van der Waals surface area contributed by atoms with Crippen LogP contribution < -0.4 is 5.32 Å². The number of hydrogen-bond donors (Lipinski definition) is 1. The first-order chi connectivity index (χ1) is 8.52. The summed E-state index contributed by atoms with van der Waals surface area (Å²) >= 11 is 0. The highest BCUT2D eigenvalue weighted by atomic mass is 16.2. The molecule has 1 rings (SSSR count). The Morgan fingerprint density at radius 1 is 1.22 bits per heavy atom. The fourth-order valence-corrected chi connectivity index (χ4v) is 2.34. The number of nitrogens with one attached hydrogen (secondary N) is 1. The largest absolute Gasteiger partial charge is 0.348 e. The van der Waals surface area contributed by atoms with Crippen LogP contribution in [0.5, 0.6) is 0 Å². The van der Waals surface area contributed by atoms with E-state index in [-0.39, 0.29) is 11.9 Å². The lowest BCUT2D eigenvalue weighted by molar-refractivity contribution is -0.146. The molecule has 0 bridgehead atoms. The van der Waals surface area contributed by atoms with Gasteiger partial charge in [0.05, 0.1) is 0 Å². The van der Waals surface area contributed by atoms with Gasteiger partial charge in [0, 0.05) is 19.6 Å². The summed E-state index contributed by atoms with van der Waals surface area (Å²) in [4.78, 5) is 25.3. The van der Waals surface area contributed by atoms with E-state index in [9.17, 15) is 9.59 Å². The Bertz CT molecular complexity index is 284. The summed E-state index contributed by atoms with van der Waals surface area (Å²) in [6.45, 7) is 4.78. The lowest BCUT2D eigenvalue weighted by atomic mass is 9.94. The second kappa shape index (κ2) is 7.39. The molecule has 0 heterocycles. The van der Waals surface area contributed by atoms with Gasteiger partial charge < -0.3 is 10.2 Å². The maximum absolute atomic E-state index is 11.9. The number of amides is 2. The van der Waals surface area contributed by atoms with Gasteiger partial charge in [-0.3, -0.25) is 9.59 Å². The summed E-state index contributed by atoms with van der Waals surface area (Å²) in [6, 6.07) is 0.252. The molecule has 0 aliphatic heterocycles. The van der Waals surface area contributed by atoms with Crippen molar-refractivity contribution in [3.05, 3.63) is 0 Å². The smallest absolute Gasteiger partial charge is 0.311 e. The number of carbonyl (C=O) groups is 2. The van der Waals surface area contributed by atoms with Crippen molar-refractivity contribution in [1.82, 2.24) is 10.2 Å². The third kappa shape index (κ3) is 4.67. The molecule has 104 valence electrons. The van der Waals surface area contributed by atoms with Crippen LogP contribution in [0.2, 0.25) is 0 Å². The Balaban J connectivity index is 2.35. The van der Waals surface area contributed by atoms with Gasteiger partial charge in [-0.25, -0.2) is 0 Å². The van der Waals surface area contributed by atoms with E-state index >= 15 is 0 Å². The van der Waals surface area contributed by atoms with Crippen molar-refractivity contribution < 1.29 is 9.59 Å². The van der Waals surface area contributed by atoms with Crippen molar-refractivity contribution in [2.75, 3.05) is 13.6 Å². The third-order valence-corrected chi connectivity index (χ3v) is 3.64. The zero-order valence-electron chi connectivity index (χ0n) is 11.9. The van der Waals surface area contributed by atoms with Gasteiger partial charge in [0.25, 0.3) is 0 Å². The standard InChI is InChI=1S/C14H26N2O2/c1-11(2)9-10-15-13(17)14(18)16(3)12-7-5-4-6-8-12/h11-12H,4-10H2,1-3H3,(H,15,17). The number of carbonyl (C=O) groups excluding carboxylic acids is 2. The number of rotatable bonds is 4. The van der Waals surface area contributed by atoms with Gasteiger partial charge in [0.2, 0.25) is 0 Å². The Labute approximate surface area is 110 Å². The average molecular weight is 254 g/mol. The van der Waals surface area contributed by atoms with Crippen LogP contribution in [0, 0.1) is 5.92 Å². The zero-order valence-corrected chi connectivity index (χ0v) is 11.9. The molecule has 18 heavy (non-hydrogen) atoms. The minimum absolute atomic E-state index is 0.252. The summed E-state index contributed by atoms with van der Waals surface area (Å²) in [5.74, 6) is -0.300. The van der Waals surface area contributed by atoms with Gasteiger partial charge in [0.15, 0.2) is 0 Å². The number of nitrogens with zero attached hydrogens (tertiary/aromatic N) is 1. The highest BCUT2D eigenvalue weighted by Gasteiger charge is 2.26. The second-order valence-corrected chi connectivity index (χ2v) is 5.65. The number of likely N-dealkylation sites (N-methyl/N-ethyl adjacent to an activating group) is 1. The van der Waals surface area contributed by atoms with Crippen LogP contribution in [-0.2, 0) is 9.59 Å². The summed E-state index contributed by atoms with van der Waals surface area (Å²) < 4.78 is 0. The van der Waals surface area contributed by atoms with Gasteiger partial charge >= 0.3 is 11.8 Å². The fourth-order valence-electron chi connectivity index (χ4n) is 2.34. The topological polar surface area (TPSA) is 49.4 Å². The van der Waals surface area contributed by atoms with Gasteiger partial charge in [-0.1, -0.05) is 33.1 Å². The molecule has 0 spiro atoms. The minimum Gasteiger partial charge on any atom is -0.348 e. The summed E-state index contributed by atoms with van der Waals surface area (Å²) in [5.41, 5.74) is 0. The molecule has 0 unspecified atom stereocenters. The van der Waals surface area contributed by atoms with E-state index in [1.54, 1.807) is 11.9 Å². The molecule has 1 aliphatic carbocycles. The van der Waals surface area contributed by atoms with E-state index < -0.39 is 5.91 Å². The molecule has 0 aromatic carbocycles. The van der Waals surface area contributed by atoms with Gasteiger partial charge in [-0.2, -0.15) is 0 Å². The molecule has 1 fully saturated rings.